The first-order chi connectivity index (χ1) is 14.9. The molecule has 0 aliphatic carbocycles. The lowest BCUT2D eigenvalue weighted by Gasteiger charge is -2.32. The largest absolute Gasteiger partial charge is 0.452 e. The molecule has 0 aromatic carbocycles. The molecule has 164 valence electrons. The van der Waals surface area contributed by atoms with Gasteiger partial charge in [-0.25, -0.2) is 4.98 Å². The molecule has 1 aliphatic rings. The van der Waals surface area contributed by atoms with E-state index < -0.39 is 18.1 Å². The van der Waals surface area contributed by atoms with Gasteiger partial charge in [0.25, 0.3) is 5.91 Å². The molecule has 3 N–H and O–H groups in total. The highest BCUT2D eigenvalue weighted by Gasteiger charge is 2.32. The summed E-state index contributed by atoms with van der Waals surface area (Å²) >= 11 is 0. The molecular formula is C22H27N5O4. The van der Waals surface area contributed by atoms with Gasteiger partial charge in [-0.15, -0.1) is 0 Å². The van der Waals surface area contributed by atoms with Crippen molar-refractivity contribution in [3.05, 3.63) is 54.0 Å². The van der Waals surface area contributed by atoms with Crippen LogP contribution in [0.4, 0.5) is 5.82 Å². The number of hydrogen-bond acceptors (Lipinski definition) is 7. The summed E-state index contributed by atoms with van der Waals surface area (Å²) in [5.41, 5.74) is 7.40. The van der Waals surface area contributed by atoms with Crippen LogP contribution in [0.15, 0.2) is 42.9 Å². The zero-order valence-corrected chi connectivity index (χ0v) is 17.5. The van der Waals surface area contributed by atoms with Crippen LogP contribution in [-0.2, 0) is 25.5 Å². The monoisotopic (exact) mass is 425 g/mol. The minimum atomic E-state index is -0.810. The molecule has 1 aliphatic heterocycles. The molecule has 9 heteroatoms. The highest BCUT2D eigenvalue weighted by molar-refractivity contribution is 5.85. The molecule has 2 atom stereocenters. The fourth-order valence-electron chi connectivity index (χ4n) is 3.60. The number of amides is 2. The summed E-state index contributed by atoms with van der Waals surface area (Å²) < 4.78 is 5.51. The Morgan fingerprint density at radius 3 is 2.90 bits per heavy atom. The zero-order valence-electron chi connectivity index (χ0n) is 17.5. The molecular weight excluding hydrogens is 398 g/mol. The maximum atomic E-state index is 12.8. The molecule has 2 aromatic rings. The number of esters is 1. The van der Waals surface area contributed by atoms with Crippen molar-refractivity contribution < 1.29 is 19.1 Å². The quantitative estimate of drug-likeness (QED) is 0.612. The zero-order chi connectivity index (χ0) is 22.2. The summed E-state index contributed by atoms with van der Waals surface area (Å²) in [4.78, 5) is 46.6. The lowest BCUT2D eigenvalue weighted by atomic mass is 10.0. The second kappa shape index (κ2) is 10.5. The minimum absolute atomic E-state index is 0.0780. The number of carbonyl (C=O) groups excluding carboxylic acids is 3. The van der Waals surface area contributed by atoms with E-state index in [0.717, 1.165) is 12.0 Å². The smallest absolute Gasteiger partial charge is 0.309 e. The number of ether oxygens (including phenoxy) is 1. The van der Waals surface area contributed by atoms with Crippen LogP contribution in [0.3, 0.4) is 0 Å². The normalized spacial score (nSPS) is 17.1. The summed E-state index contributed by atoms with van der Waals surface area (Å²) in [6.07, 6.45) is 5.84. The van der Waals surface area contributed by atoms with E-state index in [4.69, 9.17) is 10.5 Å². The van der Waals surface area contributed by atoms with E-state index in [1.165, 1.54) is 6.92 Å². The number of hydrogen-bond donors (Lipinski definition) is 2. The van der Waals surface area contributed by atoms with E-state index in [1.54, 1.807) is 41.7 Å². The van der Waals surface area contributed by atoms with E-state index in [2.05, 4.69) is 15.3 Å². The number of aromatic nitrogens is 2. The third-order valence-corrected chi connectivity index (χ3v) is 5.11. The fraction of sp³-hybridized carbons (Fsp3) is 0.409. The number of nitrogens with one attached hydrogen (secondary N) is 1. The van der Waals surface area contributed by atoms with Crippen LogP contribution in [0, 0.1) is 0 Å². The molecule has 1 fully saturated rings. The Hall–Kier alpha value is -3.49. The van der Waals surface area contributed by atoms with E-state index >= 15 is 0 Å². The summed E-state index contributed by atoms with van der Waals surface area (Å²) in [6.45, 7) is 2.52. The number of likely N-dealkylation sites (tertiary alicyclic amines) is 1. The van der Waals surface area contributed by atoms with Crippen LogP contribution in [0.2, 0.25) is 0 Å². The van der Waals surface area contributed by atoms with Crippen molar-refractivity contribution in [1.29, 1.82) is 0 Å². The van der Waals surface area contributed by atoms with Gasteiger partial charge in [0.2, 0.25) is 5.91 Å². The maximum Gasteiger partial charge on any atom is 0.309 e. The topological polar surface area (TPSA) is 128 Å². The Balaban J connectivity index is 1.57. The molecule has 31 heavy (non-hydrogen) atoms. The highest BCUT2D eigenvalue weighted by atomic mass is 16.5. The number of piperidine rings is 1. The van der Waals surface area contributed by atoms with Gasteiger partial charge in [-0.3, -0.25) is 19.4 Å². The number of carbonyl (C=O) groups is 3. The number of nitrogens with zero attached hydrogens (tertiary/aromatic N) is 3. The molecule has 0 bridgehead atoms. The number of anilines is 1. The second-order valence-corrected chi connectivity index (χ2v) is 7.53. The SMILES string of the molecule is CC(=O)NC(CC(=O)OC1CCCN(CCc2ccnc(N)c2)C1=O)c1cccnc1. The van der Waals surface area contributed by atoms with Gasteiger partial charge in [0.1, 0.15) is 5.82 Å². The van der Waals surface area contributed by atoms with Crippen LogP contribution < -0.4 is 11.1 Å². The van der Waals surface area contributed by atoms with Gasteiger partial charge >= 0.3 is 5.97 Å². The average molecular weight is 425 g/mol. The van der Waals surface area contributed by atoms with Crippen LogP contribution in [0.5, 0.6) is 0 Å². The van der Waals surface area contributed by atoms with Crippen molar-refractivity contribution >= 4 is 23.6 Å². The van der Waals surface area contributed by atoms with Crippen molar-refractivity contribution in [2.75, 3.05) is 18.8 Å². The van der Waals surface area contributed by atoms with Crippen LogP contribution in [0.1, 0.15) is 43.4 Å². The van der Waals surface area contributed by atoms with Crippen LogP contribution >= 0.6 is 0 Å². The number of nitrogens with two attached hydrogens (primary N) is 1. The predicted molar refractivity (Wildman–Crippen MR) is 113 cm³/mol. The van der Waals surface area contributed by atoms with Crippen LogP contribution in [0.25, 0.3) is 0 Å². The number of nitrogen functional groups attached to an aromatic ring is 1. The molecule has 3 rings (SSSR count). The molecule has 0 spiro atoms. The Labute approximate surface area is 181 Å². The first-order valence-corrected chi connectivity index (χ1v) is 10.3. The number of pyridine rings is 2. The van der Waals surface area contributed by atoms with Crippen molar-refractivity contribution in [3.63, 3.8) is 0 Å². The van der Waals surface area contributed by atoms with Crippen molar-refractivity contribution in [3.8, 4) is 0 Å². The van der Waals surface area contributed by atoms with Gasteiger partial charge < -0.3 is 20.7 Å². The Bertz CT molecular complexity index is 921. The number of rotatable bonds is 8. The third-order valence-electron chi connectivity index (χ3n) is 5.11. The summed E-state index contributed by atoms with van der Waals surface area (Å²) in [5.74, 6) is -0.557. The molecule has 2 unspecified atom stereocenters. The highest BCUT2D eigenvalue weighted by Crippen LogP contribution is 2.20. The first kappa shape index (κ1) is 22.2. The van der Waals surface area contributed by atoms with E-state index in [0.29, 0.717) is 37.3 Å². The molecule has 0 saturated carbocycles. The molecule has 2 aromatic heterocycles. The minimum Gasteiger partial charge on any atom is -0.452 e. The van der Waals surface area contributed by atoms with Gasteiger partial charge in [-0.05, 0) is 48.6 Å². The van der Waals surface area contributed by atoms with Gasteiger partial charge in [0.15, 0.2) is 6.10 Å². The van der Waals surface area contributed by atoms with Crippen molar-refractivity contribution in [2.24, 2.45) is 0 Å². The summed E-state index contributed by atoms with van der Waals surface area (Å²) in [7, 11) is 0. The Morgan fingerprint density at radius 2 is 2.19 bits per heavy atom. The molecule has 3 heterocycles. The van der Waals surface area contributed by atoms with Crippen molar-refractivity contribution in [2.45, 2.75) is 44.8 Å². The van der Waals surface area contributed by atoms with E-state index in [1.807, 2.05) is 6.07 Å². The molecule has 9 nitrogen and oxygen atoms in total. The lowest BCUT2D eigenvalue weighted by molar-refractivity contribution is -0.163. The first-order valence-electron chi connectivity index (χ1n) is 10.3. The lowest BCUT2D eigenvalue weighted by Crippen LogP contribution is -2.47. The molecule has 0 radical (unpaired) electrons. The molecule has 1 saturated heterocycles. The predicted octanol–water partition coefficient (Wildman–Crippen LogP) is 1.40. The van der Waals surface area contributed by atoms with E-state index in [9.17, 15) is 14.4 Å². The Morgan fingerprint density at radius 1 is 1.35 bits per heavy atom. The van der Waals surface area contributed by atoms with Crippen LogP contribution in [-0.4, -0.2) is 51.8 Å². The molecule has 2 amide bonds. The van der Waals surface area contributed by atoms with Crippen molar-refractivity contribution in [1.82, 2.24) is 20.2 Å². The van der Waals surface area contributed by atoms with Gasteiger partial charge in [-0.2, -0.15) is 0 Å². The van der Waals surface area contributed by atoms with Gasteiger partial charge in [0.05, 0.1) is 12.5 Å². The Kier molecular flexibility index (Phi) is 7.53. The average Bonchev–Trinajstić information content (AvgIpc) is 2.74. The third kappa shape index (κ3) is 6.50. The summed E-state index contributed by atoms with van der Waals surface area (Å²) in [6, 6.07) is 6.59. The van der Waals surface area contributed by atoms with Gasteiger partial charge in [0, 0.05) is 38.6 Å². The maximum absolute atomic E-state index is 12.8. The summed E-state index contributed by atoms with van der Waals surface area (Å²) in [5, 5.41) is 2.74. The second-order valence-electron chi connectivity index (χ2n) is 7.53. The van der Waals surface area contributed by atoms with E-state index in [-0.39, 0.29) is 18.2 Å². The van der Waals surface area contributed by atoms with Gasteiger partial charge in [-0.1, -0.05) is 6.07 Å². The standard InChI is InChI=1S/C22H27N5O4/c1-15(28)26-18(17-4-2-8-24-14-17)13-21(29)31-19-5-3-10-27(22(19)30)11-7-16-6-9-25-20(23)12-16/h2,4,6,8-9,12,14,18-19H,3,5,7,10-11,13H2,1H3,(H2,23,25)(H,26,28). The fourth-order valence-corrected chi connectivity index (χ4v) is 3.60.